The number of alkyl halides is 3. The van der Waals surface area contributed by atoms with Crippen molar-refractivity contribution in [3.8, 4) is 0 Å². The highest BCUT2D eigenvalue weighted by atomic mass is 19.4. The second-order valence-electron chi connectivity index (χ2n) is 2.43. The van der Waals surface area contributed by atoms with Gasteiger partial charge in [-0.25, -0.2) is 4.98 Å². The van der Waals surface area contributed by atoms with Crippen molar-refractivity contribution in [1.82, 2.24) is 4.98 Å². The number of nitrogens with zero attached hydrogens (tertiary/aromatic N) is 1. The van der Waals surface area contributed by atoms with E-state index in [9.17, 15) is 13.2 Å². The zero-order valence-corrected chi connectivity index (χ0v) is 6.47. The Hall–Kier alpha value is -1.30. The van der Waals surface area contributed by atoms with Gasteiger partial charge in [0.2, 0.25) is 0 Å². The van der Waals surface area contributed by atoms with Crippen LogP contribution in [-0.2, 0) is 12.8 Å². The van der Waals surface area contributed by atoms with Crippen LogP contribution >= 0.6 is 0 Å². The van der Waals surface area contributed by atoms with Gasteiger partial charge >= 0.3 is 6.18 Å². The molecule has 0 amide bonds. The van der Waals surface area contributed by atoms with E-state index in [-0.39, 0.29) is 11.4 Å². The summed E-state index contributed by atoms with van der Waals surface area (Å²) in [5.74, 6) is 0. The predicted octanol–water partition coefficient (Wildman–Crippen LogP) is 1.17. The molecule has 3 nitrogen and oxygen atoms in total. The summed E-state index contributed by atoms with van der Waals surface area (Å²) in [4.78, 5) is 3.17. The fraction of sp³-hybridized carbons (Fsp3) is 0.286. The third-order valence-electron chi connectivity index (χ3n) is 1.35. The minimum Gasteiger partial charge on any atom is -0.399 e. The molecule has 1 heterocycles. The molecule has 0 aliphatic heterocycles. The minimum absolute atomic E-state index is 0.0635. The topological polar surface area (TPSA) is 59.1 Å². The first-order valence-electron chi connectivity index (χ1n) is 3.38. The van der Waals surface area contributed by atoms with Gasteiger partial charge < -0.3 is 10.8 Å². The number of hydrogen-bond donors (Lipinski definition) is 2. The molecule has 0 saturated carbocycles. The normalized spacial score (nSPS) is 11.7. The summed E-state index contributed by atoms with van der Waals surface area (Å²) < 4.78 is 36.3. The summed E-state index contributed by atoms with van der Waals surface area (Å²) in [7, 11) is 0. The molecule has 0 spiro atoms. The monoisotopic (exact) mass is 192 g/mol. The van der Waals surface area contributed by atoms with Crippen molar-refractivity contribution in [2.45, 2.75) is 12.8 Å². The lowest BCUT2D eigenvalue weighted by molar-refractivity contribution is -0.141. The SMILES string of the molecule is Nc1cc(CO)nc(C(F)(F)F)c1. The van der Waals surface area contributed by atoms with Crippen molar-refractivity contribution < 1.29 is 18.3 Å². The Balaban J connectivity index is 3.16. The van der Waals surface area contributed by atoms with Crippen molar-refractivity contribution in [2.24, 2.45) is 0 Å². The van der Waals surface area contributed by atoms with E-state index in [0.717, 1.165) is 6.07 Å². The molecule has 0 atom stereocenters. The van der Waals surface area contributed by atoms with Crippen molar-refractivity contribution in [3.05, 3.63) is 23.5 Å². The Morgan fingerprint density at radius 3 is 2.46 bits per heavy atom. The Labute approximate surface area is 72.0 Å². The zero-order valence-electron chi connectivity index (χ0n) is 6.47. The molecular formula is C7H7F3N2O. The van der Waals surface area contributed by atoms with Crippen molar-refractivity contribution >= 4 is 5.69 Å². The third kappa shape index (κ3) is 2.32. The van der Waals surface area contributed by atoms with E-state index in [1.54, 1.807) is 0 Å². The van der Waals surface area contributed by atoms with Crippen LogP contribution < -0.4 is 5.73 Å². The second kappa shape index (κ2) is 3.21. The lowest BCUT2D eigenvalue weighted by Crippen LogP contribution is -2.10. The van der Waals surface area contributed by atoms with Gasteiger partial charge in [-0.05, 0) is 12.1 Å². The summed E-state index contributed by atoms with van der Waals surface area (Å²) >= 11 is 0. The highest BCUT2D eigenvalue weighted by Crippen LogP contribution is 2.28. The van der Waals surface area contributed by atoms with Crippen LogP contribution in [0.15, 0.2) is 12.1 Å². The van der Waals surface area contributed by atoms with Crippen molar-refractivity contribution in [1.29, 1.82) is 0 Å². The lowest BCUT2D eigenvalue weighted by atomic mass is 10.2. The second-order valence-corrected chi connectivity index (χ2v) is 2.43. The minimum atomic E-state index is -4.53. The number of pyridine rings is 1. The molecular weight excluding hydrogens is 185 g/mol. The predicted molar refractivity (Wildman–Crippen MR) is 39.6 cm³/mol. The van der Waals surface area contributed by atoms with Gasteiger partial charge in [0.1, 0.15) is 5.69 Å². The number of rotatable bonds is 1. The third-order valence-corrected chi connectivity index (χ3v) is 1.35. The first kappa shape index (κ1) is 9.79. The average Bonchev–Trinajstić information content (AvgIpc) is 2.01. The Morgan fingerprint density at radius 1 is 1.38 bits per heavy atom. The Kier molecular flexibility index (Phi) is 2.42. The number of anilines is 1. The summed E-state index contributed by atoms with van der Waals surface area (Å²) in [5.41, 5.74) is 3.94. The molecule has 0 fully saturated rings. The summed E-state index contributed by atoms with van der Waals surface area (Å²) in [6, 6.07) is 1.91. The molecule has 3 N–H and O–H groups in total. The van der Waals surface area contributed by atoms with E-state index in [4.69, 9.17) is 10.8 Å². The van der Waals surface area contributed by atoms with Gasteiger partial charge in [-0.15, -0.1) is 0 Å². The van der Waals surface area contributed by atoms with E-state index in [0.29, 0.717) is 0 Å². The molecule has 0 radical (unpaired) electrons. The van der Waals surface area contributed by atoms with Crippen molar-refractivity contribution in [2.75, 3.05) is 5.73 Å². The van der Waals surface area contributed by atoms with Crippen LogP contribution in [0.25, 0.3) is 0 Å². The van der Waals surface area contributed by atoms with Crippen LogP contribution in [0.4, 0.5) is 18.9 Å². The fourth-order valence-corrected chi connectivity index (χ4v) is 0.837. The smallest absolute Gasteiger partial charge is 0.399 e. The molecule has 1 aromatic heterocycles. The molecule has 0 aliphatic rings. The van der Waals surface area contributed by atoms with Crippen LogP contribution in [0.2, 0.25) is 0 Å². The number of nitrogens with two attached hydrogens (primary N) is 1. The molecule has 6 heteroatoms. The maximum Gasteiger partial charge on any atom is 0.433 e. The van der Waals surface area contributed by atoms with E-state index in [2.05, 4.69) is 4.98 Å². The highest BCUT2D eigenvalue weighted by Gasteiger charge is 2.32. The van der Waals surface area contributed by atoms with E-state index < -0.39 is 18.5 Å². The van der Waals surface area contributed by atoms with Gasteiger partial charge in [-0.1, -0.05) is 0 Å². The summed E-state index contributed by atoms with van der Waals surface area (Å²) in [6.07, 6.45) is -4.53. The van der Waals surface area contributed by atoms with E-state index >= 15 is 0 Å². The van der Waals surface area contributed by atoms with Gasteiger partial charge in [-0.2, -0.15) is 13.2 Å². The number of hydrogen-bond acceptors (Lipinski definition) is 3. The number of aliphatic hydroxyl groups is 1. The molecule has 1 aromatic rings. The Morgan fingerprint density at radius 2 is 2.00 bits per heavy atom. The molecule has 0 aliphatic carbocycles. The van der Waals surface area contributed by atoms with Gasteiger partial charge in [0, 0.05) is 5.69 Å². The van der Waals surface area contributed by atoms with Crippen LogP contribution in [0.1, 0.15) is 11.4 Å². The molecule has 0 saturated heterocycles. The van der Waals surface area contributed by atoms with Crippen molar-refractivity contribution in [3.63, 3.8) is 0 Å². The average molecular weight is 192 g/mol. The fourth-order valence-electron chi connectivity index (χ4n) is 0.837. The Bertz CT molecular complexity index is 311. The summed E-state index contributed by atoms with van der Waals surface area (Å²) in [5, 5.41) is 8.57. The number of halogens is 3. The summed E-state index contributed by atoms with van der Waals surface area (Å²) in [6.45, 7) is -0.561. The van der Waals surface area contributed by atoms with E-state index in [1.165, 1.54) is 6.07 Å². The lowest BCUT2D eigenvalue weighted by Gasteiger charge is -2.07. The van der Waals surface area contributed by atoms with Gasteiger partial charge in [-0.3, -0.25) is 0 Å². The van der Waals surface area contributed by atoms with Gasteiger partial charge in [0.15, 0.2) is 0 Å². The standard InChI is InChI=1S/C7H7F3N2O/c8-7(9,10)6-2-4(11)1-5(3-13)12-6/h1-2,13H,3H2,(H2,11,12). The zero-order chi connectivity index (χ0) is 10.1. The molecule has 1 rings (SSSR count). The van der Waals surface area contributed by atoms with Crippen LogP contribution in [-0.4, -0.2) is 10.1 Å². The quantitative estimate of drug-likeness (QED) is 0.702. The highest BCUT2D eigenvalue weighted by molar-refractivity contribution is 5.40. The molecule has 0 unspecified atom stereocenters. The van der Waals surface area contributed by atoms with E-state index in [1.807, 2.05) is 0 Å². The number of nitrogen functional groups attached to an aromatic ring is 1. The molecule has 13 heavy (non-hydrogen) atoms. The number of aromatic nitrogens is 1. The molecule has 0 bridgehead atoms. The first-order chi connectivity index (χ1) is 5.93. The number of aliphatic hydroxyl groups excluding tert-OH is 1. The largest absolute Gasteiger partial charge is 0.433 e. The van der Waals surface area contributed by atoms with Crippen LogP contribution in [0.5, 0.6) is 0 Å². The maximum atomic E-state index is 12.1. The maximum absolute atomic E-state index is 12.1. The first-order valence-corrected chi connectivity index (χ1v) is 3.38. The van der Waals surface area contributed by atoms with Crippen LogP contribution in [0.3, 0.4) is 0 Å². The van der Waals surface area contributed by atoms with Gasteiger partial charge in [0.05, 0.1) is 12.3 Å². The van der Waals surface area contributed by atoms with Gasteiger partial charge in [0.25, 0.3) is 0 Å². The molecule has 0 aromatic carbocycles. The van der Waals surface area contributed by atoms with Crippen LogP contribution in [0, 0.1) is 0 Å². The molecule has 72 valence electrons.